The first-order valence-corrected chi connectivity index (χ1v) is 6.54. The summed E-state index contributed by atoms with van der Waals surface area (Å²) in [6, 6.07) is 5.46. The highest BCUT2D eigenvalue weighted by Gasteiger charge is 2.14. The number of nitrogens with zero attached hydrogens (tertiary/aromatic N) is 2. The second kappa shape index (κ2) is 6.91. The van der Waals surface area contributed by atoms with Gasteiger partial charge in [-0.1, -0.05) is 6.92 Å². The number of benzene rings is 1. The number of aromatic nitrogens is 2. The fourth-order valence-electron chi connectivity index (χ4n) is 1.78. The summed E-state index contributed by atoms with van der Waals surface area (Å²) >= 11 is 0. The lowest BCUT2D eigenvalue weighted by molar-refractivity contribution is 0.393. The van der Waals surface area contributed by atoms with E-state index in [0.717, 1.165) is 24.3 Å². The van der Waals surface area contributed by atoms with Crippen molar-refractivity contribution in [2.24, 2.45) is 0 Å². The van der Waals surface area contributed by atoms with Crippen LogP contribution in [-0.4, -0.2) is 31.0 Å². The van der Waals surface area contributed by atoms with Crippen molar-refractivity contribution in [2.45, 2.75) is 19.9 Å². The molecule has 1 aromatic carbocycles. The van der Waals surface area contributed by atoms with Gasteiger partial charge in [0.25, 0.3) is 5.89 Å². The summed E-state index contributed by atoms with van der Waals surface area (Å²) in [5.74, 6) is 2.36. The molecule has 1 heterocycles. The molecular formula is C14H19N3O3. The van der Waals surface area contributed by atoms with Crippen molar-refractivity contribution in [3.8, 4) is 23.0 Å². The summed E-state index contributed by atoms with van der Waals surface area (Å²) in [6.45, 7) is 3.59. The lowest BCUT2D eigenvalue weighted by Gasteiger charge is -2.07. The molecule has 0 bridgehead atoms. The zero-order valence-corrected chi connectivity index (χ0v) is 12.0. The van der Waals surface area contributed by atoms with Crippen LogP contribution in [0.2, 0.25) is 0 Å². The quantitative estimate of drug-likeness (QED) is 0.783. The highest BCUT2D eigenvalue weighted by Crippen LogP contribution is 2.32. The van der Waals surface area contributed by atoms with Gasteiger partial charge in [0.2, 0.25) is 5.89 Å². The van der Waals surface area contributed by atoms with E-state index >= 15 is 0 Å². The Morgan fingerprint density at radius 2 is 2.05 bits per heavy atom. The molecule has 6 nitrogen and oxygen atoms in total. The number of hydrogen-bond acceptors (Lipinski definition) is 6. The molecule has 0 unspecified atom stereocenters. The summed E-state index contributed by atoms with van der Waals surface area (Å²) in [6.07, 6.45) is 1.06. The van der Waals surface area contributed by atoms with Gasteiger partial charge < -0.3 is 19.2 Å². The minimum atomic E-state index is 0.442. The van der Waals surface area contributed by atoms with Gasteiger partial charge in [-0.15, -0.1) is 10.2 Å². The Hall–Kier alpha value is -2.08. The van der Waals surface area contributed by atoms with Crippen molar-refractivity contribution < 1.29 is 13.9 Å². The lowest BCUT2D eigenvalue weighted by Crippen LogP contribution is -2.13. The van der Waals surface area contributed by atoms with Crippen LogP contribution in [0.5, 0.6) is 11.5 Å². The Morgan fingerprint density at radius 1 is 1.20 bits per heavy atom. The fourth-order valence-corrected chi connectivity index (χ4v) is 1.78. The Balaban J connectivity index is 2.18. The molecule has 0 aliphatic rings. The third kappa shape index (κ3) is 3.27. The van der Waals surface area contributed by atoms with Crippen LogP contribution in [0, 0.1) is 0 Å². The fraction of sp³-hybridized carbons (Fsp3) is 0.429. The minimum Gasteiger partial charge on any atom is -0.497 e. The highest BCUT2D eigenvalue weighted by atomic mass is 16.5. The largest absolute Gasteiger partial charge is 0.497 e. The van der Waals surface area contributed by atoms with Crippen molar-refractivity contribution in [3.05, 3.63) is 24.1 Å². The van der Waals surface area contributed by atoms with E-state index in [1.807, 2.05) is 12.1 Å². The van der Waals surface area contributed by atoms with Crippen molar-refractivity contribution in [3.63, 3.8) is 0 Å². The van der Waals surface area contributed by atoms with Crippen LogP contribution in [0.15, 0.2) is 22.6 Å². The average molecular weight is 277 g/mol. The number of nitrogens with one attached hydrogen (secondary N) is 1. The zero-order chi connectivity index (χ0) is 14.4. The molecule has 0 saturated carbocycles. The molecule has 0 radical (unpaired) electrons. The van der Waals surface area contributed by atoms with Crippen LogP contribution in [0.1, 0.15) is 19.2 Å². The summed E-state index contributed by atoms with van der Waals surface area (Å²) in [5, 5.41) is 11.3. The van der Waals surface area contributed by atoms with E-state index in [1.54, 1.807) is 20.3 Å². The van der Waals surface area contributed by atoms with Crippen LogP contribution in [-0.2, 0) is 6.54 Å². The summed E-state index contributed by atoms with van der Waals surface area (Å²) in [7, 11) is 3.21. The zero-order valence-electron chi connectivity index (χ0n) is 12.0. The number of rotatable bonds is 7. The number of methoxy groups -OCH3 is 2. The van der Waals surface area contributed by atoms with Crippen LogP contribution in [0.25, 0.3) is 11.5 Å². The van der Waals surface area contributed by atoms with E-state index in [9.17, 15) is 0 Å². The maximum absolute atomic E-state index is 5.63. The van der Waals surface area contributed by atoms with Crippen molar-refractivity contribution >= 4 is 0 Å². The Morgan fingerprint density at radius 3 is 2.75 bits per heavy atom. The first kappa shape index (κ1) is 14.3. The molecule has 0 amide bonds. The summed E-state index contributed by atoms with van der Waals surface area (Å²) < 4.78 is 16.1. The molecule has 1 aromatic heterocycles. The Bertz CT molecular complexity index is 554. The van der Waals surface area contributed by atoms with Crippen LogP contribution in [0.4, 0.5) is 0 Å². The van der Waals surface area contributed by atoms with Crippen molar-refractivity contribution in [2.75, 3.05) is 20.8 Å². The number of hydrogen-bond donors (Lipinski definition) is 1. The van der Waals surface area contributed by atoms with Gasteiger partial charge in [0, 0.05) is 6.07 Å². The Kier molecular flexibility index (Phi) is 4.95. The molecule has 108 valence electrons. The molecule has 1 N–H and O–H groups in total. The standard InChI is InChI=1S/C14H19N3O3/c1-4-7-15-9-13-16-17-14(20-13)11-6-5-10(18-2)8-12(11)19-3/h5-6,8,15H,4,7,9H2,1-3H3. The van der Waals surface area contributed by atoms with Crippen molar-refractivity contribution in [1.82, 2.24) is 15.5 Å². The van der Waals surface area contributed by atoms with Crippen LogP contribution in [0.3, 0.4) is 0 Å². The molecule has 2 rings (SSSR count). The highest BCUT2D eigenvalue weighted by molar-refractivity contribution is 5.64. The predicted molar refractivity (Wildman–Crippen MR) is 74.8 cm³/mol. The predicted octanol–water partition coefficient (Wildman–Crippen LogP) is 2.25. The molecule has 6 heteroatoms. The average Bonchev–Trinajstić information content (AvgIpc) is 2.95. The van der Waals surface area contributed by atoms with Crippen LogP contribution < -0.4 is 14.8 Å². The van der Waals surface area contributed by atoms with Gasteiger partial charge >= 0.3 is 0 Å². The molecule has 0 spiro atoms. The molecule has 20 heavy (non-hydrogen) atoms. The molecule has 0 atom stereocenters. The summed E-state index contributed by atoms with van der Waals surface area (Å²) in [5.41, 5.74) is 0.752. The van der Waals surface area contributed by atoms with E-state index in [0.29, 0.717) is 24.1 Å². The van der Waals surface area contributed by atoms with E-state index in [4.69, 9.17) is 13.9 Å². The van der Waals surface area contributed by atoms with Gasteiger partial charge in [0.15, 0.2) is 0 Å². The second-order valence-electron chi connectivity index (χ2n) is 4.24. The summed E-state index contributed by atoms with van der Waals surface area (Å²) in [4.78, 5) is 0. The number of ether oxygens (including phenoxy) is 2. The van der Waals surface area contributed by atoms with Gasteiger partial charge in [0.05, 0.1) is 26.3 Å². The second-order valence-corrected chi connectivity index (χ2v) is 4.24. The van der Waals surface area contributed by atoms with E-state index in [-0.39, 0.29) is 0 Å². The van der Waals surface area contributed by atoms with Gasteiger partial charge in [-0.2, -0.15) is 0 Å². The monoisotopic (exact) mass is 277 g/mol. The van der Waals surface area contributed by atoms with Gasteiger partial charge in [0.1, 0.15) is 11.5 Å². The Labute approximate surface area is 118 Å². The lowest BCUT2D eigenvalue weighted by atomic mass is 10.2. The molecular weight excluding hydrogens is 258 g/mol. The molecule has 0 fully saturated rings. The first-order valence-electron chi connectivity index (χ1n) is 6.54. The smallest absolute Gasteiger partial charge is 0.251 e. The molecule has 0 aliphatic carbocycles. The third-order valence-corrected chi connectivity index (χ3v) is 2.81. The molecule has 2 aromatic rings. The maximum Gasteiger partial charge on any atom is 0.251 e. The van der Waals surface area contributed by atoms with E-state index < -0.39 is 0 Å². The van der Waals surface area contributed by atoms with Gasteiger partial charge in [-0.3, -0.25) is 0 Å². The minimum absolute atomic E-state index is 0.442. The van der Waals surface area contributed by atoms with E-state index in [2.05, 4.69) is 22.4 Å². The maximum atomic E-state index is 5.63. The van der Waals surface area contributed by atoms with Gasteiger partial charge in [-0.25, -0.2) is 0 Å². The first-order chi connectivity index (χ1) is 9.78. The van der Waals surface area contributed by atoms with Crippen LogP contribution >= 0.6 is 0 Å². The van der Waals surface area contributed by atoms with Crippen molar-refractivity contribution in [1.29, 1.82) is 0 Å². The molecule has 0 saturated heterocycles. The normalized spacial score (nSPS) is 10.6. The third-order valence-electron chi connectivity index (χ3n) is 2.81. The SMILES string of the molecule is CCCNCc1nnc(-c2ccc(OC)cc2OC)o1. The topological polar surface area (TPSA) is 69.4 Å². The molecule has 0 aliphatic heterocycles. The van der Waals surface area contributed by atoms with E-state index in [1.165, 1.54) is 0 Å². The van der Waals surface area contributed by atoms with Gasteiger partial charge in [-0.05, 0) is 25.1 Å².